The molecule has 0 saturated heterocycles. The van der Waals surface area contributed by atoms with Gasteiger partial charge in [0.1, 0.15) is 6.54 Å². The van der Waals surface area contributed by atoms with E-state index >= 15 is 0 Å². The van der Waals surface area contributed by atoms with Gasteiger partial charge >= 0.3 is 0 Å². The topological polar surface area (TPSA) is 66.7 Å². The fraction of sp³-hybridized carbons (Fsp3) is 0.667. The molecule has 6 nitrogen and oxygen atoms in total. The third kappa shape index (κ3) is 2.21. The third-order valence-electron chi connectivity index (χ3n) is 2.52. The van der Waals surface area contributed by atoms with E-state index in [9.17, 15) is 5.21 Å². The molecule has 0 saturated carbocycles. The highest BCUT2D eigenvalue weighted by Gasteiger charge is 2.21. The predicted octanol–water partition coefficient (Wildman–Crippen LogP) is 0.424. The maximum atomic E-state index is 11.8. The minimum Gasteiger partial charge on any atom is -0.633 e. The third-order valence-corrected chi connectivity index (χ3v) is 2.52. The second-order valence-corrected chi connectivity index (χ2v) is 4.00. The molecular weight excluding hydrogens is 194 g/mol. The quantitative estimate of drug-likeness (QED) is 0.523. The van der Waals surface area contributed by atoms with Crippen molar-refractivity contribution in [1.29, 1.82) is 0 Å². The number of hydrogen-bond donors (Lipinski definition) is 0. The van der Waals surface area contributed by atoms with Gasteiger partial charge in [0.25, 0.3) is 0 Å². The maximum absolute atomic E-state index is 11.8. The second-order valence-electron chi connectivity index (χ2n) is 4.00. The van der Waals surface area contributed by atoms with Gasteiger partial charge < -0.3 is 9.85 Å². The van der Waals surface area contributed by atoms with Crippen LogP contribution < -0.4 is 0 Å². The Labute approximate surface area is 88.4 Å². The Morgan fingerprint density at radius 2 is 2.40 bits per heavy atom. The van der Waals surface area contributed by atoms with E-state index in [0.717, 1.165) is 12.0 Å². The van der Waals surface area contributed by atoms with Crippen LogP contribution >= 0.6 is 0 Å². The van der Waals surface area contributed by atoms with Crippen LogP contribution in [0.1, 0.15) is 19.2 Å². The van der Waals surface area contributed by atoms with Gasteiger partial charge in [0.15, 0.2) is 0 Å². The standard InChI is InChI=1S/C9H15N5O/c1-3-13-11-9(10-12-13)8-5-4-6-14(2,15)7-8/h5H,3-4,6-7H2,1-2H3. The first-order valence-electron chi connectivity index (χ1n) is 5.13. The average molecular weight is 209 g/mol. The van der Waals surface area contributed by atoms with Crippen LogP contribution in [0.2, 0.25) is 0 Å². The highest BCUT2D eigenvalue weighted by atomic mass is 16.5. The molecule has 0 aromatic carbocycles. The Morgan fingerprint density at radius 1 is 1.60 bits per heavy atom. The summed E-state index contributed by atoms with van der Waals surface area (Å²) in [6, 6.07) is 0. The van der Waals surface area contributed by atoms with Crippen molar-refractivity contribution in [1.82, 2.24) is 20.2 Å². The van der Waals surface area contributed by atoms with Crippen LogP contribution in [0.5, 0.6) is 0 Å². The van der Waals surface area contributed by atoms with Crippen molar-refractivity contribution in [3.05, 3.63) is 17.1 Å². The fourth-order valence-corrected chi connectivity index (χ4v) is 1.68. The molecule has 0 spiro atoms. The lowest BCUT2D eigenvalue weighted by Crippen LogP contribution is -2.41. The lowest BCUT2D eigenvalue weighted by molar-refractivity contribution is -0.853. The largest absolute Gasteiger partial charge is 0.633 e. The highest BCUT2D eigenvalue weighted by Crippen LogP contribution is 2.20. The molecule has 6 heteroatoms. The van der Waals surface area contributed by atoms with Gasteiger partial charge in [-0.2, -0.15) is 4.80 Å². The number of hydroxylamine groups is 3. The first-order chi connectivity index (χ1) is 7.11. The zero-order valence-electron chi connectivity index (χ0n) is 9.05. The molecule has 0 amide bonds. The van der Waals surface area contributed by atoms with Gasteiger partial charge in [-0.3, -0.25) is 0 Å². The number of quaternary nitrogens is 1. The molecule has 1 unspecified atom stereocenters. The number of nitrogens with zero attached hydrogens (tertiary/aromatic N) is 5. The van der Waals surface area contributed by atoms with E-state index < -0.39 is 0 Å². The Morgan fingerprint density at radius 3 is 3.00 bits per heavy atom. The van der Waals surface area contributed by atoms with Crippen LogP contribution in [-0.4, -0.2) is 45.0 Å². The molecule has 0 aliphatic carbocycles. The molecule has 0 fully saturated rings. The molecular formula is C9H15N5O. The molecule has 82 valence electrons. The van der Waals surface area contributed by atoms with Crippen LogP contribution in [0, 0.1) is 5.21 Å². The zero-order chi connectivity index (χ0) is 10.9. The predicted molar refractivity (Wildman–Crippen MR) is 55.4 cm³/mol. The molecule has 1 atom stereocenters. The van der Waals surface area contributed by atoms with E-state index in [-0.39, 0.29) is 4.65 Å². The molecule has 1 aromatic rings. The average Bonchev–Trinajstić information content (AvgIpc) is 2.64. The first-order valence-corrected chi connectivity index (χ1v) is 5.13. The number of aryl methyl sites for hydroxylation is 1. The molecule has 0 bridgehead atoms. The molecule has 0 radical (unpaired) electrons. The van der Waals surface area contributed by atoms with Crippen molar-refractivity contribution < 1.29 is 4.65 Å². The van der Waals surface area contributed by atoms with E-state index in [0.29, 0.717) is 25.5 Å². The van der Waals surface area contributed by atoms with Crippen molar-refractivity contribution in [2.24, 2.45) is 0 Å². The molecule has 0 N–H and O–H groups in total. The molecule has 2 rings (SSSR count). The fourth-order valence-electron chi connectivity index (χ4n) is 1.68. The van der Waals surface area contributed by atoms with Gasteiger partial charge in [0.2, 0.25) is 5.82 Å². The summed E-state index contributed by atoms with van der Waals surface area (Å²) >= 11 is 0. The number of tetrazole rings is 1. The minimum atomic E-state index is -0.244. The number of aromatic nitrogens is 4. The van der Waals surface area contributed by atoms with E-state index in [1.807, 2.05) is 13.0 Å². The second kappa shape index (κ2) is 3.71. The molecule has 1 aliphatic heterocycles. The van der Waals surface area contributed by atoms with Crippen LogP contribution in [0.4, 0.5) is 0 Å². The van der Waals surface area contributed by atoms with Crippen LogP contribution in [0.15, 0.2) is 6.08 Å². The van der Waals surface area contributed by atoms with E-state index in [2.05, 4.69) is 15.4 Å². The summed E-state index contributed by atoms with van der Waals surface area (Å²) in [5.74, 6) is 0.594. The minimum absolute atomic E-state index is 0.244. The lowest BCUT2D eigenvalue weighted by atomic mass is 10.1. The smallest absolute Gasteiger partial charge is 0.206 e. The van der Waals surface area contributed by atoms with Crippen LogP contribution in [0.3, 0.4) is 0 Å². The number of hydrogen-bond acceptors (Lipinski definition) is 4. The molecule has 2 heterocycles. The van der Waals surface area contributed by atoms with Gasteiger partial charge in [-0.25, -0.2) is 0 Å². The molecule has 1 aliphatic rings. The van der Waals surface area contributed by atoms with E-state index in [1.54, 1.807) is 7.05 Å². The molecule has 15 heavy (non-hydrogen) atoms. The Kier molecular flexibility index (Phi) is 2.54. The number of likely N-dealkylation sites (N-methyl/N-ethyl adjacent to an activating group) is 1. The van der Waals surface area contributed by atoms with E-state index in [1.165, 1.54) is 4.80 Å². The maximum Gasteiger partial charge on any atom is 0.206 e. The van der Waals surface area contributed by atoms with Gasteiger partial charge in [0.05, 0.1) is 25.7 Å². The van der Waals surface area contributed by atoms with Gasteiger partial charge in [-0.1, -0.05) is 6.08 Å². The van der Waals surface area contributed by atoms with Crippen LogP contribution in [-0.2, 0) is 6.54 Å². The van der Waals surface area contributed by atoms with E-state index in [4.69, 9.17) is 0 Å². The highest BCUT2D eigenvalue weighted by molar-refractivity contribution is 5.60. The SMILES string of the molecule is CCn1nnc(C2=CCC[N+](C)([O-])C2)n1. The Balaban J connectivity index is 2.20. The summed E-state index contributed by atoms with van der Waals surface area (Å²) in [6.07, 6.45) is 2.82. The number of rotatable bonds is 2. The normalized spacial score (nSPS) is 26.5. The summed E-state index contributed by atoms with van der Waals surface area (Å²) in [7, 11) is 1.68. The van der Waals surface area contributed by atoms with Crippen molar-refractivity contribution in [3.8, 4) is 0 Å². The van der Waals surface area contributed by atoms with Crippen molar-refractivity contribution >= 4 is 5.57 Å². The van der Waals surface area contributed by atoms with Gasteiger partial charge in [-0.15, -0.1) is 10.2 Å². The van der Waals surface area contributed by atoms with Crippen molar-refractivity contribution in [2.75, 3.05) is 20.1 Å². The van der Waals surface area contributed by atoms with Gasteiger partial charge in [0, 0.05) is 6.42 Å². The summed E-state index contributed by atoms with van der Waals surface area (Å²) < 4.78 is -0.244. The first kappa shape index (κ1) is 10.3. The van der Waals surface area contributed by atoms with Crippen molar-refractivity contribution in [2.45, 2.75) is 19.9 Å². The van der Waals surface area contributed by atoms with Crippen molar-refractivity contribution in [3.63, 3.8) is 0 Å². The summed E-state index contributed by atoms with van der Waals surface area (Å²) in [5.41, 5.74) is 0.915. The monoisotopic (exact) mass is 209 g/mol. The van der Waals surface area contributed by atoms with Crippen LogP contribution in [0.25, 0.3) is 5.57 Å². The lowest BCUT2D eigenvalue weighted by Gasteiger charge is -2.40. The Bertz CT molecular complexity index is 382. The van der Waals surface area contributed by atoms with Gasteiger partial charge in [-0.05, 0) is 12.1 Å². The zero-order valence-corrected chi connectivity index (χ0v) is 9.05. The summed E-state index contributed by atoms with van der Waals surface area (Å²) in [5, 5.41) is 23.8. The Hall–Kier alpha value is -1.27. The molecule has 1 aromatic heterocycles. The summed E-state index contributed by atoms with van der Waals surface area (Å²) in [4.78, 5) is 1.53. The summed E-state index contributed by atoms with van der Waals surface area (Å²) in [6.45, 7) is 3.72.